The second kappa shape index (κ2) is 8.16. The number of hydrogen-bond donors (Lipinski definition) is 0. The number of rotatable bonds is 3. The Morgan fingerprint density at radius 1 is 0.933 bits per heavy atom. The molecule has 0 radical (unpaired) electrons. The minimum absolute atomic E-state index is 0.0491. The molecule has 0 amide bonds. The molecule has 7 heteroatoms. The molecule has 2 heterocycles. The zero-order chi connectivity index (χ0) is 21.1. The van der Waals surface area contributed by atoms with Crippen molar-refractivity contribution >= 4 is 17.6 Å². The van der Waals surface area contributed by atoms with Gasteiger partial charge in [-0.05, 0) is 42.5 Å². The smallest absolute Gasteiger partial charge is 0.355 e. The Kier molecular flexibility index (Phi) is 5.26. The van der Waals surface area contributed by atoms with Crippen LogP contribution in [0.2, 0.25) is 0 Å². The number of allylic oxidation sites excluding steroid dienone is 2. The fraction of sp³-hybridized carbons (Fsp3) is 0.130. The molecule has 0 aliphatic carbocycles. The molecule has 2 aromatic rings. The summed E-state index contributed by atoms with van der Waals surface area (Å²) in [4.78, 5) is 26.5. The van der Waals surface area contributed by atoms with E-state index >= 15 is 0 Å². The highest BCUT2D eigenvalue weighted by Crippen LogP contribution is 2.39. The lowest BCUT2D eigenvalue weighted by atomic mass is 10.1. The summed E-state index contributed by atoms with van der Waals surface area (Å²) in [5.74, 6) is 0.624. The van der Waals surface area contributed by atoms with E-state index in [0.29, 0.717) is 22.9 Å². The largest absolute Gasteiger partial charge is 0.485 e. The van der Waals surface area contributed by atoms with E-state index in [1.807, 2.05) is 30.3 Å². The van der Waals surface area contributed by atoms with Crippen molar-refractivity contribution in [2.24, 2.45) is 0 Å². The Morgan fingerprint density at radius 2 is 1.70 bits per heavy atom. The maximum atomic E-state index is 12.6. The van der Waals surface area contributed by atoms with Gasteiger partial charge in [-0.3, -0.25) is 0 Å². The molecule has 0 saturated heterocycles. The lowest BCUT2D eigenvalue weighted by Crippen LogP contribution is -2.27. The number of fused-ring (bicyclic) bond motifs is 2. The minimum atomic E-state index is -0.665. The van der Waals surface area contributed by atoms with Gasteiger partial charge in [-0.15, -0.1) is 0 Å². The third-order valence-corrected chi connectivity index (χ3v) is 4.66. The first kappa shape index (κ1) is 19.3. The van der Waals surface area contributed by atoms with Gasteiger partial charge in [-0.2, -0.15) is 0 Å². The van der Waals surface area contributed by atoms with Crippen molar-refractivity contribution in [3.63, 3.8) is 0 Å². The van der Waals surface area contributed by atoms with Crippen LogP contribution in [0.3, 0.4) is 0 Å². The van der Waals surface area contributed by atoms with Crippen LogP contribution in [0.25, 0.3) is 0 Å². The average Bonchev–Trinajstić information content (AvgIpc) is 3.11. The van der Waals surface area contributed by atoms with E-state index in [1.165, 1.54) is 20.3 Å². The van der Waals surface area contributed by atoms with Crippen LogP contribution in [0.5, 0.6) is 17.2 Å². The Bertz CT molecular complexity index is 1100. The van der Waals surface area contributed by atoms with Crippen molar-refractivity contribution in [1.29, 1.82) is 0 Å². The second-order valence-electron chi connectivity index (χ2n) is 6.45. The first-order valence-corrected chi connectivity index (χ1v) is 9.20. The zero-order valence-electron chi connectivity index (χ0n) is 16.5. The van der Waals surface area contributed by atoms with Crippen molar-refractivity contribution in [1.82, 2.24) is 0 Å². The van der Waals surface area contributed by atoms with Crippen LogP contribution < -0.4 is 14.4 Å². The molecule has 7 nitrogen and oxygen atoms in total. The zero-order valence-corrected chi connectivity index (χ0v) is 16.5. The Morgan fingerprint density at radius 3 is 2.47 bits per heavy atom. The number of benzene rings is 2. The highest BCUT2D eigenvalue weighted by molar-refractivity contribution is 6.05. The quantitative estimate of drug-likeness (QED) is 0.718. The maximum absolute atomic E-state index is 12.6. The highest BCUT2D eigenvalue weighted by Gasteiger charge is 2.28. The predicted molar refractivity (Wildman–Crippen MR) is 109 cm³/mol. The summed E-state index contributed by atoms with van der Waals surface area (Å²) in [6.07, 6.45) is 6.56. The van der Waals surface area contributed by atoms with Gasteiger partial charge >= 0.3 is 11.9 Å². The molecular formula is C23H19NO6. The maximum Gasteiger partial charge on any atom is 0.355 e. The number of methoxy groups -OCH3 is 2. The van der Waals surface area contributed by atoms with Crippen molar-refractivity contribution in [2.75, 3.05) is 19.1 Å². The van der Waals surface area contributed by atoms with E-state index in [1.54, 1.807) is 35.4 Å². The van der Waals surface area contributed by atoms with Crippen molar-refractivity contribution in [3.8, 4) is 17.2 Å². The number of para-hydroxylation sites is 2. The van der Waals surface area contributed by atoms with Crippen LogP contribution in [-0.4, -0.2) is 26.2 Å². The molecule has 0 saturated carbocycles. The van der Waals surface area contributed by atoms with E-state index < -0.39 is 11.9 Å². The van der Waals surface area contributed by atoms with E-state index in [9.17, 15) is 9.59 Å². The summed E-state index contributed by atoms with van der Waals surface area (Å²) >= 11 is 0. The first-order valence-electron chi connectivity index (χ1n) is 9.20. The molecule has 0 N–H and O–H groups in total. The molecule has 0 spiro atoms. The molecule has 2 aliphatic heterocycles. The fourth-order valence-electron chi connectivity index (χ4n) is 3.22. The van der Waals surface area contributed by atoms with Crippen LogP contribution in [0.15, 0.2) is 78.2 Å². The summed E-state index contributed by atoms with van der Waals surface area (Å²) in [7, 11) is 2.52. The lowest BCUT2D eigenvalue weighted by molar-refractivity contribution is -0.139. The Balaban J connectivity index is 1.78. The number of hydrogen-bond acceptors (Lipinski definition) is 7. The summed E-state index contributed by atoms with van der Waals surface area (Å²) in [5.41, 5.74) is 1.56. The van der Waals surface area contributed by atoms with Crippen LogP contribution in [-0.2, 0) is 25.7 Å². The van der Waals surface area contributed by atoms with Crippen LogP contribution in [0.1, 0.15) is 5.56 Å². The molecule has 0 bridgehead atoms. The first-order chi connectivity index (χ1) is 14.6. The van der Waals surface area contributed by atoms with Gasteiger partial charge in [0, 0.05) is 17.5 Å². The molecule has 0 fully saturated rings. The second-order valence-corrected chi connectivity index (χ2v) is 6.45. The lowest BCUT2D eigenvalue weighted by Gasteiger charge is -2.24. The molecule has 0 atom stereocenters. The normalized spacial score (nSPS) is 14.5. The Labute approximate surface area is 173 Å². The third kappa shape index (κ3) is 3.53. The number of nitrogens with zero attached hydrogens (tertiary/aromatic N) is 1. The van der Waals surface area contributed by atoms with Crippen LogP contribution in [0, 0.1) is 0 Å². The minimum Gasteiger partial charge on any atom is -0.485 e. The predicted octanol–water partition coefficient (Wildman–Crippen LogP) is 3.86. The number of esters is 2. The Hall–Kier alpha value is -4.00. The average molecular weight is 405 g/mol. The van der Waals surface area contributed by atoms with Crippen LogP contribution >= 0.6 is 0 Å². The van der Waals surface area contributed by atoms with Crippen molar-refractivity contribution < 1.29 is 28.5 Å². The number of carbonyl (C=O) groups excluding carboxylic acids is 2. The van der Waals surface area contributed by atoms with Gasteiger partial charge in [0.2, 0.25) is 0 Å². The van der Waals surface area contributed by atoms with E-state index in [-0.39, 0.29) is 17.9 Å². The number of anilines is 1. The SMILES string of the molecule is COC(=O)C1=C(C(=O)OC)N(c2ccc3c(c2)COc2ccccc2O3)C=CC=C1. The standard InChI is InChI=1S/C23H19NO6/c1-27-22(25)17-7-5-6-12-24(21(17)23(26)28-2)16-10-11-18-15(13-16)14-29-19-8-3-4-9-20(19)30-18/h3-13H,14H2,1-2H3. The monoisotopic (exact) mass is 405 g/mol. The summed E-state index contributed by atoms with van der Waals surface area (Å²) in [6.45, 7) is 0.289. The summed E-state index contributed by atoms with van der Waals surface area (Å²) in [6, 6.07) is 12.9. The van der Waals surface area contributed by atoms with E-state index in [4.69, 9.17) is 18.9 Å². The molecule has 30 heavy (non-hydrogen) atoms. The highest BCUT2D eigenvalue weighted by atomic mass is 16.5. The van der Waals surface area contributed by atoms with Gasteiger partial charge in [-0.25, -0.2) is 9.59 Å². The summed E-state index contributed by atoms with van der Waals surface area (Å²) in [5, 5.41) is 0. The number of carbonyl (C=O) groups is 2. The third-order valence-electron chi connectivity index (χ3n) is 4.66. The van der Waals surface area contributed by atoms with Gasteiger partial charge in [0.25, 0.3) is 0 Å². The van der Waals surface area contributed by atoms with Gasteiger partial charge < -0.3 is 23.8 Å². The molecule has 152 valence electrons. The molecule has 2 aromatic carbocycles. The van der Waals surface area contributed by atoms with Gasteiger partial charge in [0.1, 0.15) is 18.1 Å². The van der Waals surface area contributed by atoms with Gasteiger partial charge in [0.05, 0.1) is 19.8 Å². The van der Waals surface area contributed by atoms with Crippen LogP contribution in [0.4, 0.5) is 5.69 Å². The molecule has 4 rings (SSSR count). The van der Waals surface area contributed by atoms with Gasteiger partial charge in [-0.1, -0.05) is 18.2 Å². The number of ether oxygens (including phenoxy) is 4. The molecule has 0 unspecified atom stereocenters. The summed E-state index contributed by atoms with van der Waals surface area (Å²) < 4.78 is 21.6. The topological polar surface area (TPSA) is 74.3 Å². The van der Waals surface area contributed by atoms with Gasteiger partial charge in [0.15, 0.2) is 11.5 Å². The van der Waals surface area contributed by atoms with Crippen molar-refractivity contribution in [3.05, 3.63) is 83.7 Å². The van der Waals surface area contributed by atoms with Crippen molar-refractivity contribution in [2.45, 2.75) is 6.61 Å². The molecular weight excluding hydrogens is 386 g/mol. The van der Waals surface area contributed by atoms with E-state index in [2.05, 4.69) is 0 Å². The molecule has 2 aliphatic rings. The fourth-order valence-corrected chi connectivity index (χ4v) is 3.22. The van der Waals surface area contributed by atoms with E-state index in [0.717, 1.165) is 5.56 Å². The molecule has 0 aromatic heterocycles.